The number of hydrogen-bond donors (Lipinski definition) is 0. The van der Waals surface area contributed by atoms with E-state index in [1.54, 1.807) is 24.3 Å². The van der Waals surface area contributed by atoms with Crippen LogP contribution in [0.15, 0.2) is 127 Å². The van der Waals surface area contributed by atoms with Crippen molar-refractivity contribution < 1.29 is 8.42 Å². The molecule has 0 saturated carbocycles. The lowest BCUT2D eigenvalue weighted by atomic mass is 10.2. The fourth-order valence-corrected chi connectivity index (χ4v) is 5.15. The average molecular weight is 541 g/mol. The first-order valence-electron chi connectivity index (χ1n) is 12.7. The molecule has 8 nitrogen and oxygen atoms in total. The maximum atomic E-state index is 13.1. The first-order valence-corrected chi connectivity index (χ1v) is 14.2. The number of anilines is 2. The molecule has 0 aliphatic carbocycles. The zero-order chi connectivity index (χ0) is 27.8. The van der Waals surface area contributed by atoms with E-state index in [4.69, 9.17) is 0 Å². The van der Waals surface area contributed by atoms with Crippen LogP contribution >= 0.6 is 0 Å². The molecule has 0 radical (unpaired) electrons. The molecule has 0 fully saturated rings. The maximum Gasteiger partial charge on any atom is 0.206 e. The molecular weight excluding hydrogens is 508 g/mol. The van der Waals surface area contributed by atoms with Crippen LogP contribution in [0.5, 0.6) is 0 Å². The Labute approximate surface area is 230 Å². The molecule has 0 unspecified atom stereocenters. The van der Waals surface area contributed by atoms with E-state index in [2.05, 4.69) is 39.2 Å². The molecule has 0 bridgehead atoms. The summed E-state index contributed by atoms with van der Waals surface area (Å²) in [6.45, 7) is 6.12. The first kappa shape index (κ1) is 27.7. The van der Waals surface area contributed by atoms with Gasteiger partial charge in [-0.3, -0.25) is 0 Å². The minimum atomic E-state index is -3.69. The van der Waals surface area contributed by atoms with Gasteiger partial charge in [-0.1, -0.05) is 0 Å². The van der Waals surface area contributed by atoms with E-state index in [0.717, 1.165) is 30.2 Å². The molecule has 0 aromatic heterocycles. The summed E-state index contributed by atoms with van der Waals surface area (Å²) in [5, 5.41) is 17.0. The van der Waals surface area contributed by atoms with Gasteiger partial charge in [-0.25, -0.2) is 8.42 Å². The Morgan fingerprint density at radius 1 is 0.513 bits per heavy atom. The Balaban J connectivity index is 1.41. The van der Waals surface area contributed by atoms with E-state index in [-0.39, 0.29) is 9.79 Å². The highest BCUT2D eigenvalue weighted by molar-refractivity contribution is 7.91. The van der Waals surface area contributed by atoms with Crippen LogP contribution in [0.1, 0.15) is 13.8 Å². The molecule has 4 aromatic rings. The molecule has 0 aliphatic heterocycles. The van der Waals surface area contributed by atoms with Crippen molar-refractivity contribution in [3.05, 3.63) is 97.1 Å². The Bertz CT molecular complexity index is 1530. The first-order chi connectivity index (χ1) is 18.8. The third kappa shape index (κ3) is 6.94. The quantitative estimate of drug-likeness (QED) is 0.189. The molecule has 0 saturated heterocycles. The summed E-state index contributed by atoms with van der Waals surface area (Å²) in [6.07, 6.45) is 0. The van der Waals surface area contributed by atoms with Crippen LogP contribution in [0.4, 0.5) is 34.1 Å². The van der Waals surface area contributed by atoms with Gasteiger partial charge in [-0.15, -0.1) is 0 Å². The summed E-state index contributed by atoms with van der Waals surface area (Å²) in [4.78, 5) is 4.62. The normalized spacial score (nSPS) is 11.8. The summed E-state index contributed by atoms with van der Waals surface area (Å²) in [6, 6.07) is 28.3. The smallest absolute Gasteiger partial charge is 0.206 e. The molecule has 9 heteroatoms. The van der Waals surface area contributed by atoms with Gasteiger partial charge in [0.25, 0.3) is 0 Å². The van der Waals surface area contributed by atoms with Gasteiger partial charge in [-0.05, 0) is 111 Å². The molecule has 0 aliphatic rings. The lowest BCUT2D eigenvalue weighted by Gasteiger charge is -2.20. The lowest BCUT2D eigenvalue weighted by Crippen LogP contribution is -2.21. The molecule has 4 rings (SSSR count). The van der Waals surface area contributed by atoms with E-state index >= 15 is 0 Å². The molecule has 0 N–H and O–H groups in total. The SMILES string of the molecule is CCN(CC)c1ccc(N=Nc2ccc(S(=O)(=O)c3ccc(N=Nc4ccc(N(C)C)cc4)cc3)cc2)cc1. The van der Waals surface area contributed by atoms with Crippen molar-refractivity contribution in [3.8, 4) is 0 Å². The Morgan fingerprint density at radius 3 is 1.13 bits per heavy atom. The summed E-state index contributed by atoms with van der Waals surface area (Å²) >= 11 is 0. The van der Waals surface area contributed by atoms with Crippen molar-refractivity contribution in [1.82, 2.24) is 0 Å². The van der Waals surface area contributed by atoms with Crippen LogP contribution < -0.4 is 9.80 Å². The highest BCUT2D eigenvalue weighted by Crippen LogP contribution is 2.27. The summed E-state index contributed by atoms with van der Waals surface area (Å²) < 4.78 is 26.2. The van der Waals surface area contributed by atoms with E-state index in [0.29, 0.717) is 17.1 Å². The minimum absolute atomic E-state index is 0.180. The van der Waals surface area contributed by atoms with E-state index in [9.17, 15) is 8.42 Å². The number of rotatable bonds is 10. The minimum Gasteiger partial charge on any atom is -0.378 e. The Kier molecular flexibility index (Phi) is 8.83. The molecular formula is C30H32N6O2S. The Morgan fingerprint density at radius 2 is 0.821 bits per heavy atom. The summed E-state index contributed by atoms with van der Waals surface area (Å²) in [7, 11) is 0.253. The van der Waals surface area contributed by atoms with Crippen LogP contribution in [-0.2, 0) is 9.84 Å². The monoisotopic (exact) mass is 540 g/mol. The van der Waals surface area contributed by atoms with Crippen molar-refractivity contribution in [3.63, 3.8) is 0 Å². The number of nitrogens with zero attached hydrogens (tertiary/aromatic N) is 6. The van der Waals surface area contributed by atoms with E-state index in [1.165, 1.54) is 24.3 Å². The van der Waals surface area contributed by atoms with Gasteiger partial charge < -0.3 is 9.80 Å². The Hall–Kier alpha value is -4.37. The van der Waals surface area contributed by atoms with Crippen molar-refractivity contribution >= 4 is 44.0 Å². The van der Waals surface area contributed by atoms with Crippen molar-refractivity contribution in [1.29, 1.82) is 0 Å². The van der Waals surface area contributed by atoms with Crippen molar-refractivity contribution in [2.24, 2.45) is 20.5 Å². The van der Waals surface area contributed by atoms with Gasteiger partial charge in [0, 0.05) is 38.6 Å². The molecule has 0 spiro atoms. The third-order valence-electron chi connectivity index (χ3n) is 6.20. The van der Waals surface area contributed by atoms with Gasteiger partial charge in [0.05, 0.1) is 32.5 Å². The highest BCUT2D eigenvalue weighted by atomic mass is 32.2. The van der Waals surface area contributed by atoms with Crippen LogP contribution in [0.25, 0.3) is 0 Å². The second kappa shape index (κ2) is 12.4. The van der Waals surface area contributed by atoms with Crippen LogP contribution in [0, 0.1) is 0 Å². The summed E-state index contributed by atoms with van der Waals surface area (Å²) in [5.41, 5.74) is 4.78. The van der Waals surface area contributed by atoms with E-state index in [1.807, 2.05) is 67.5 Å². The van der Waals surface area contributed by atoms with E-state index < -0.39 is 9.84 Å². The molecule has 0 atom stereocenters. The zero-order valence-electron chi connectivity index (χ0n) is 22.6. The van der Waals surface area contributed by atoms with Crippen LogP contribution in [0.2, 0.25) is 0 Å². The van der Waals surface area contributed by atoms with Gasteiger partial charge >= 0.3 is 0 Å². The van der Waals surface area contributed by atoms with Gasteiger partial charge in [0.1, 0.15) is 0 Å². The molecule has 0 amide bonds. The third-order valence-corrected chi connectivity index (χ3v) is 7.99. The highest BCUT2D eigenvalue weighted by Gasteiger charge is 2.17. The zero-order valence-corrected chi connectivity index (χ0v) is 23.4. The maximum absolute atomic E-state index is 13.1. The van der Waals surface area contributed by atoms with Crippen LogP contribution in [0.3, 0.4) is 0 Å². The second-order valence-corrected chi connectivity index (χ2v) is 10.9. The van der Waals surface area contributed by atoms with Gasteiger partial charge in [0.15, 0.2) is 0 Å². The number of azo groups is 2. The predicted molar refractivity (Wildman–Crippen MR) is 157 cm³/mol. The number of hydrogen-bond acceptors (Lipinski definition) is 8. The molecule has 4 aromatic carbocycles. The topological polar surface area (TPSA) is 90.1 Å². The molecule has 39 heavy (non-hydrogen) atoms. The van der Waals surface area contributed by atoms with Crippen molar-refractivity contribution in [2.75, 3.05) is 37.0 Å². The van der Waals surface area contributed by atoms with Gasteiger partial charge in [0.2, 0.25) is 9.84 Å². The van der Waals surface area contributed by atoms with Crippen LogP contribution in [-0.4, -0.2) is 35.6 Å². The number of benzene rings is 4. The summed E-state index contributed by atoms with van der Waals surface area (Å²) in [5.74, 6) is 0. The largest absolute Gasteiger partial charge is 0.378 e. The standard InChI is InChI=1S/C30H32N6O2S/c1-5-36(6-2)28-17-9-24(10-18-28)32-34-26-13-21-30(22-14-26)39(37,38)29-19-11-25(12-20-29)33-31-23-7-15-27(16-8-23)35(3)4/h7-22H,5-6H2,1-4H3. The van der Waals surface area contributed by atoms with Crippen molar-refractivity contribution in [2.45, 2.75) is 23.6 Å². The second-order valence-electron chi connectivity index (χ2n) is 8.99. The lowest BCUT2D eigenvalue weighted by molar-refractivity contribution is 0.596. The fourth-order valence-electron chi connectivity index (χ4n) is 3.89. The molecule has 0 heterocycles. The molecule has 200 valence electrons. The number of sulfone groups is 1. The van der Waals surface area contributed by atoms with Gasteiger partial charge in [-0.2, -0.15) is 20.5 Å². The fraction of sp³-hybridized carbons (Fsp3) is 0.200. The predicted octanol–water partition coefficient (Wildman–Crippen LogP) is 8.26. The average Bonchev–Trinajstić information content (AvgIpc) is 2.97.